The van der Waals surface area contributed by atoms with E-state index in [2.05, 4.69) is 20.6 Å². The van der Waals surface area contributed by atoms with Gasteiger partial charge in [-0.25, -0.2) is 10.5 Å². The molecule has 1 fully saturated rings. The van der Waals surface area contributed by atoms with Gasteiger partial charge in [0.05, 0.1) is 23.7 Å². The summed E-state index contributed by atoms with van der Waals surface area (Å²) in [6.45, 7) is 5.26. The predicted molar refractivity (Wildman–Crippen MR) is 127 cm³/mol. The number of fused-ring (bicyclic) bond motifs is 1. The number of pyridine rings is 2. The fourth-order valence-corrected chi connectivity index (χ4v) is 4.43. The molecule has 0 saturated carbocycles. The van der Waals surface area contributed by atoms with E-state index in [0.29, 0.717) is 31.7 Å². The van der Waals surface area contributed by atoms with Crippen molar-refractivity contribution in [1.29, 1.82) is 0 Å². The number of para-hydroxylation sites is 1. The van der Waals surface area contributed by atoms with E-state index in [0.717, 1.165) is 22.2 Å². The van der Waals surface area contributed by atoms with Crippen LogP contribution in [0, 0.1) is 6.92 Å². The lowest BCUT2D eigenvalue weighted by molar-refractivity contribution is -0.130. The topological polar surface area (TPSA) is 125 Å². The van der Waals surface area contributed by atoms with Crippen LogP contribution in [0.2, 0.25) is 0 Å². The van der Waals surface area contributed by atoms with Crippen LogP contribution in [0.1, 0.15) is 54.0 Å². The van der Waals surface area contributed by atoms with Gasteiger partial charge in [0.1, 0.15) is 17.5 Å². The fraction of sp³-hybridized carbons (Fsp3) is 0.360. The molecule has 0 bridgehead atoms. The van der Waals surface area contributed by atoms with Gasteiger partial charge in [-0.3, -0.25) is 19.8 Å². The second kappa shape index (κ2) is 10.1. The third-order valence-electron chi connectivity index (χ3n) is 6.16. The molecular formula is C25H29N5O4. The number of hydrogen-bond donors (Lipinski definition) is 4. The number of aryl methyl sites for hydroxylation is 1. The molecule has 9 nitrogen and oxygen atoms in total. The third-order valence-corrected chi connectivity index (χ3v) is 6.16. The number of nitrogens with one attached hydrogen (secondary N) is 3. The second-order valence-corrected chi connectivity index (χ2v) is 8.71. The van der Waals surface area contributed by atoms with Gasteiger partial charge in [-0.2, -0.15) is 0 Å². The summed E-state index contributed by atoms with van der Waals surface area (Å²) < 4.78 is 6.12. The molecule has 1 aromatic carbocycles. The Bertz CT molecular complexity index is 1180. The monoisotopic (exact) mass is 463 g/mol. The summed E-state index contributed by atoms with van der Waals surface area (Å²) in [4.78, 5) is 33.6. The molecule has 0 radical (unpaired) electrons. The highest BCUT2D eigenvalue weighted by molar-refractivity contribution is 5.93. The van der Waals surface area contributed by atoms with Crippen molar-refractivity contribution >= 4 is 22.7 Å². The Kier molecular flexibility index (Phi) is 7.04. The minimum absolute atomic E-state index is 0.00502. The number of carbonyl (C=O) groups is 2. The number of aromatic nitrogens is 2. The number of hydroxylamine groups is 1. The van der Waals surface area contributed by atoms with Crippen molar-refractivity contribution in [3.63, 3.8) is 0 Å². The average molecular weight is 464 g/mol. The molecule has 4 N–H and O–H groups in total. The lowest BCUT2D eigenvalue weighted by Crippen LogP contribution is -2.56. The highest BCUT2D eigenvalue weighted by Gasteiger charge is 2.36. The molecule has 1 aliphatic heterocycles. The molecule has 0 spiro atoms. The molecule has 2 amide bonds. The first-order valence-corrected chi connectivity index (χ1v) is 11.3. The quantitative estimate of drug-likeness (QED) is 0.314. The van der Waals surface area contributed by atoms with E-state index in [9.17, 15) is 9.59 Å². The van der Waals surface area contributed by atoms with Crippen molar-refractivity contribution in [1.82, 2.24) is 26.1 Å². The third kappa shape index (κ3) is 5.32. The van der Waals surface area contributed by atoms with Gasteiger partial charge in [0.15, 0.2) is 0 Å². The maximum Gasteiger partial charge on any atom is 0.270 e. The molecular weight excluding hydrogens is 434 g/mol. The summed E-state index contributed by atoms with van der Waals surface area (Å²) in [6.07, 6.45) is 2.42. The maximum atomic E-state index is 12.9. The molecule has 2 aromatic heterocycles. The molecule has 3 heterocycles. The second-order valence-electron chi connectivity index (χ2n) is 8.71. The lowest BCUT2D eigenvalue weighted by Gasteiger charge is -2.37. The van der Waals surface area contributed by atoms with Gasteiger partial charge in [0.25, 0.3) is 5.91 Å². The van der Waals surface area contributed by atoms with E-state index in [1.165, 1.54) is 6.20 Å². The number of piperidine rings is 1. The largest absolute Gasteiger partial charge is 0.484 e. The number of benzene rings is 1. The van der Waals surface area contributed by atoms with Crippen molar-refractivity contribution in [3.05, 3.63) is 65.6 Å². The number of amides is 2. The van der Waals surface area contributed by atoms with Crippen molar-refractivity contribution in [3.8, 4) is 5.75 Å². The molecule has 34 heavy (non-hydrogen) atoms. The maximum absolute atomic E-state index is 12.9. The van der Waals surface area contributed by atoms with Gasteiger partial charge < -0.3 is 15.4 Å². The molecule has 0 aliphatic carbocycles. The van der Waals surface area contributed by atoms with E-state index >= 15 is 0 Å². The summed E-state index contributed by atoms with van der Waals surface area (Å²) >= 11 is 0. The fourth-order valence-electron chi connectivity index (χ4n) is 4.43. The Morgan fingerprint density at radius 3 is 2.68 bits per heavy atom. The molecule has 3 aromatic rings. The van der Waals surface area contributed by atoms with Crippen LogP contribution in [0.5, 0.6) is 5.75 Å². The Labute approximate surface area is 197 Å². The van der Waals surface area contributed by atoms with Crippen LogP contribution in [0.3, 0.4) is 0 Å². The summed E-state index contributed by atoms with van der Waals surface area (Å²) in [7, 11) is 0. The molecule has 4 rings (SSSR count). The first-order chi connectivity index (χ1) is 16.4. The first-order valence-electron chi connectivity index (χ1n) is 11.3. The standard InChI is InChI=1S/C25H29N5O4/c1-16-13-20(19-5-3-4-6-21(19)28-16)17(2)34-18-7-8-22(27-15-18)24(32)29-25(14-23(31)30-33)9-11-26-12-10-25/h3-8,13,15,17,26,33H,9-12,14H2,1-2H3,(H,29,32)(H,30,31). The Hall–Kier alpha value is -3.56. The van der Waals surface area contributed by atoms with Gasteiger partial charge >= 0.3 is 0 Å². The van der Waals surface area contributed by atoms with Crippen molar-refractivity contribution in [2.24, 2.45) is 0 Å². The molecule has 9 heteroatoms. The van der Waals surface area contributed by atoms with Crippen LogP contribution in [0.25, 0.3) is 10.9 Å². The van der Waals surface area contributed by atoms with Gasteiger partial charge in [0.2, 0.25) is 5.91 Å². The SMILES string of the molecule is Cc1cc(C(C)Oc2ccc(C(=O)NC3(CC(=O)NO)CCNCC3)nc2)c2ccccc2n1. The van der Waals surface area contributed by atoms with Gasteiger partial charge in [-0.15, -0.1) is 0 Å². The normalized spacial score (nSPS) is 16.0. The first kappa shape index (κ1) is 23.6. The lowest BCUT2D eigenvalue weighted by atomic mass is 9.84. The Morgan fingerprint density at radius 1 is 1.21 bits per heavy atom. The van der Waals surface area contributed by atoms with Crippen LogP contribution in [-0.4, -0.2) is 45.6 Å². The van der Waals surface area contributed by atoms with Crippen LogP contribution in [-0.2, 0) is 4.79 Å². The van der Waals surface area contributed by atoms with Gasteiger partial charge in [0, 0.05) is 16.6 Å². The van der Waals surface area contributed by atoms with E-state index in [1.54, 1.807) is 17.6 Å². The zero-order chi connectivity index (χ0) is 24.1. The zero-order valence-corrected chi connectivity index (χ0v) is 19.3. The van der Waals surface area contributed by atoms with E-state index in [-0.39, 0.29) is 24.1 Å². The van der Waals surface area contributed by atoms with Crippen LogP contribution < -0.4 is 20.9 Å². The molecule has 1 aliphatic rings. The minimum atomic E-state index is -0.735. The molecule has 1 atom stereocenters. The van der Waals surface area contributed by atoms with Gasteiger partial charge in [-0.1, -0.05) is 18.2 Å². The van der Waals surface area contributed by atoms with Crippen LogP contribution >= 0.6 is 0 Å². The van der Waals surface area contributed by atoms with E-state index in [1.807, 2.05) is 44.2 Å². The zero-order valence-electron chi connectivity index (χ0n) is 19.3. The van der Waals surface area contributed by atoms with Crippen LogP contribution in [0.15, 0.2) is 48.7 Å². The number of nitrogens with zero attached hydrogens (tertiary/aromatic N) is 2. The van der Waals surface area contributed by atoms with Gasteiger partial charge in [-0.05, 0) is 64.0 Å². The number of rotatable bonds is 7. The predicted octanol–water partition coefficient (Wildman–Crippen LogP) is 2.83. The van der Waals surface area contributed by atoms with Crippen LogP contribution in [0.4, 0.5) is 0 Å². The molecule has 178 valence electrons. The van der Waals surface area contributed by atoms with Crippen molar-refractivity contribution in [2.45, 2.75) is 44.8 Å². The summed E-state index contributed by atoms with van der Waals surface area (Å²) in [5, 5.41) is 16.1. The number of hydrogen-bond acceptors (Lipinski definition) is 7. The number of carbonyl (C=O) groups excluding carboxylic acids is 2. The van der Waals surface area contributed by atoms with E-state index in [4.69, 9.17) is 9.94 Å². The summed E-state index contributed by atoms with van der Waals surface area (Å²) in [5.74, 6) is -0.367. The highest BCUT2D eigenvalue weighted by Crippen LogP contribution is 2.28. The van der Waals surface area contributed by atoms with Crippen molar-refractivity contribution < 1.29 is 19.5 Å². The van der Waals surface area contributed by atoms with Crippen molar-refractivity contribution in [2.75, 3.05) is 13.1 Å². The smallest absolute Gasteiger partial charge is 0.270 e. The summed E-state index contributed by atoms with van der Waals surface area (Å²) in [5.41, 5.74) is 4.01. The average Bonchev–Trinajstić information content (AvgIpc) is 2.84. The Morgan fingerprint density at radius 2 is 1.97 bits per heavy atom. The highest BCUT2D eigenvalue weighted by atomic mass is 16.5. The summed E-state index contributed by atoms with van der Waals surface area (Å²) in [6, 6.07) is 13.3. The van der Waals surface area contributed by atoms with E-state index < -0.39 is 11.4 Å². The minimum Gasteiger partial charge on any atom is -0.484 e. The number of ether oxygens (including phenoxy) is 1. The molecule has 1 saturated heterocycles. The molecule has 1 unspecified atom stereocenters. The Balaban J connectivity index is 1.47.